The summed E-state index contributed by atoms with van der Waals surface area (Å²) in [6.07, 6.45) is 0.560. The maximum atomic E-state index is 14.2. The number of carbonyl (C=O) groups is 1. The zero-order valence-corrected chi connectivity index (χ0v) is 13.7. The standard InChI is InChI=1S/C19H15F2N3O2/c20-16-8-15(26-19(25)23-10-13-4-2-1-3-5-13)9-17(21)18(16)24-11-14(12-24)6-7-22/h1-6,8-9H,10-12H2,(H,23,25). The van der Waals surface area contributed by atoms with E-state index in [2.05, 4.69) is 5.32 Å². The third-order valence-electron chi connectivity index (χ3n) is 3.85. The molecule has 0 spiro atoms. The van der Waals surface area contributed by atoms with Gasteiger partial charge in [0.1, 0.15) is 11.4 Å². The lowest BCUT2D eigenvalue weighted by Gasteiger charge is -2.36. The van der Waals surface area contributed by atoms with Crippen molar-refractivity contribution in [3.8, 4) is 11.8 Å². The monoisotopic (exact) mass is 355 g/mol. The molecule has 1 amide bonds. The Labute approximate surface area is 149 Å². The van der Waals surface area contributed by atoms with Gasteiger partial charge < -0.3 is 15.0 Å². The Bertz CT molecular complexity index is 860. The maximum Gasteiger partial charge on any atom is 0.412 e. The summed E-state index contributed by atoms with van der Waals surface area (Å²) in [5.74, 6) is -1.87. The summed E-state index contributed by atoms with van der Waals surface area (Å²) in [6, 6.07) is 13.0. The number of ether oxygens (including phenoxy) is 1. The number of hydrogen-bond donors (Lipinski definition) is 1. The first-order valence-electron chi connectivity index (χ1n) is 7.88. The molecule has 1 fully saturated rings. The Morgan fingerprint density at radius 3 is 2.50 bits per heavy atom. The molecule has 2 aromatic rings. The van der Waals surface area contributed by atoms with Gasteiger partial charge in [0.25, 0.3) is 0 Å². The molecule has 3 rings (SSSR count). The fourth-order valence-corrected chi connectivity index (χ4v) is 2.60. The van der Waals surface area contributed by atoms with Crippen molar-refractivity contribution in [2.75, 3.05) is 18.0 Å². The fourth-order valence-electron chi connectivity index (χ4n) is 2.60. The predicted molar refractivity (Wildman–Crippen MR) is 91.6 cm³/mol. The summed E-state index contributed by atoms with van der Waals surface area (Å²) in [7, 11) is 0. The quantitative estimate of drug-likeness (QED) is 0.852. The molecule has 0 atom stereocenters. The Kier molecular flexibility index (Phi) is 5.13. The van der Waals surface area contributed by atoms with Crippen LogP contribution in [0.5, 0.6) is 5.75 Å². The number of benzene rings is 2. The lowest BCUT2D eigenvalue weighted by Crippen LogP contribution is -2.41. The van der Waals surface area contributed by atoms with Crippen LogP contribution in [0.25, 0.3) is 0 Å². The number of carbonyl (C=O) groups excluding carboxylic acids is 1. The van der Waals surface area contributed by atoms with Crippen LogP contribution in [-0.2, 0) is 6.54 Å². The first-order chi connectivity index (χ1) is 12.6. The van der Waals surface area contributed by atoms with Crippen molar-refractivity contribution < 1.29 is 18.3 Å². The molecular formula is C19H15F2N3O2. The van der Waals surface area contributed by atoms with Crippen LogP contribution in [0.2, 0.25) is 0 Å². The molecule has 0 radical (unpaired) electrons. The van der Waals surface area contributed by atoms with E-state index < -0.39 is 17.7 Å². The minimum Gasteiger partial charge on any atom is -0.410 e. The average Bonchev–Trinajstić information content (AvgIpc) is 2.58. The van der Waals surface area contributed by atoms with Crippen LogP contribution in [0.1, 0.15) is 5.56 Å². The molecular weight excluding hydrogens is 340 g/mol. The van der Waals surface area contributed by atoms with E-state index in [1.54, 1.807) is 0 Å². The molecule has 7 heteroatoms. The van der Waals surface area contributed by atoms with Gasteiger partial charge in [-0.2, -0.15) is 5.26 Å². The summed E-state index contributed by atoms with van der Waals surface area (Å²) in [6.45, 7) is 0.822. The van der Waals surface area contributed by atoms with Gasteiger partial charge in [-0.15, -0.1) is 0 Å². The predicted octanol–water partition coefficient (Wildman–Crippen LogP) is 3.52. The Hall–Kier alpha value is -3.40. The van der Waals surface area contributed by atoms with Crippen molar-refractivity contribution in [2.45, 2.75) is 6.54 Å². The van der Waals surface area contributed by atoms with Crippen LogP contribution in [0.4, 0.5) is 19.3 Å². The normalized spacial score (nSPS) is 12.8. The van der Waals surface area contributed by atoms with Crippen LogP contribution in [0, 0.1) is 23.0 Å². The molecule has 1 saturated heterocycles. The highest BCUT2D eigenvalue weighted by Crippen LogP contribution is 2.32. The van der Waals surface area contributed by atoms with Crippen LogP contribution < -0.4 is 15.0 Å². The van der Waals surface area contributed by atoms with Crippen molar-refractivity contribution in [1.82, 2.24) is 5.32 Å². The number of halogens is 2. The highest BCUT2D eigenvalue weighted by molar-refractivity contribution is 5.71. The van der Waals surface area contributed by atoms with Gasteiger partial charge in [0.05, 0.1) is 6.07 Å². The van der Waals surface area contributed by atoms with Crippen molar-refractivity contribution in [2.24, 2.45) is 0 Å². The zero-order chi connectivity index (χ0) is 18.5. The molecule has 0 saturated carbocycles. The van der Waals surface area contributed by atoms with E-state index in [0.717, 1.165) is 23.3 Å². The first-order valence-corrected chi connectivity index (χ1v) is 7.88. The molecule has 26 heavy (non-hydrogen) atoms. The highest BCUT2D eigenvalue weighted by atomic mass is 19.1. The molecule has 2 aromatic carbocycles. The Balaban J connectivity index is 1.62. The van der Waals surface area contributed by atoms with E-state index in [-0.39, 0.29) is 18.0 Å². The van der Waals surface area contributed by atoms with Gasteiger partial charge in [0.2, 0.25) is 0 Å². The summed E-state index contributed by atoms with van der Waals surface area (Å²) in [5, 5.41) is 11.1. The topological polar surface area (TPSA) is 65.4 Å². The molecule has 1 N–H and O–H groups in total. The van der Waals surface area contributed by atoms with Gasteiger partial charge >= 0.3 is 6.09 Å². The van der Waals surface area contributed by atoms with Crippen LogP contribution in [0.3, 0.4) is 0 Å². The molecule has 5 nitrogen and oxygen atoms in total. The number of rotatable bonds is 4. The van der Waals surface area contributed by atoms with Gasteiger partial charge in [0.15, 0.2) is 11.6 Å². The number of anilines is 1. The minimum absolute atomic E-state index is 0.197. The summed E-state index contributed by atoms with van der Waals surface area (Å²) in [5.41, 5.74) is 1.47. The number of nitriles is 1. The van der Waals surface area contributed by atoms with E-state index >= 15 is 0 Å². The second-order valence-electron chi connectivity index (χ2n) is 5.75. The van der Waals surface area contributed by atoms with Gasteiger partial charge in [-0.25, -0.2) is 13.6 Å². The van der Waals surface area contributed by atoms with Crippen LogP contribution >= 0.6 is 0 Å². The molecule has 0 unspecified atom stereocenters. The van der Waals surface area contributed by atoms with Crippen molar-refractivity contribution >= 4 is 11.8 Å². The van der Waals surface area contributed by atoms with Crippen molar-refractivity contribution in [3.05, 3.63) is 71.3 Å². The van der Waals surface area contributed by atoms with E-state index in [1.807, 2.05) is 36.4 Å². The number of hydrogen-bond acceptors (Lipinski definition) is 4. The van der Waals surface area contributed by atoms with E-state index in [0.29, 0.717) is 13.1 Å². The molecule has 0 aliphatic carbocycles. The van der Waals surface area contributed by atoms with Crippen LogP contribution in [0.15, 0.2) is 54.1 Å². The summed E-state index contributed by atoms with van der Waals surface area (Å²) in [4.78, 5) is 13.2. The molecule has 0 bridgehead atoms. The SMILES string of the molecule is N#CC=C1CN(c2c(F)cc(OC(=O)NCc3ccccc3)cc2F)C1. The van der Waals surface area contributed by atoms with Crippen molar-refractivity contribution in [1.29, 1.82) is 5.26 Å². The third-order valence-corrected chi connectivity index (χ3v) is 3.85. The van der Waals surface area contributed by atoms with E-state index in [1.165, 1.54) is 11.0 Å². The lowest BCUT2D eigenvalue weighted by molar-refractivity contribution is 0.199. The Morgan fingerprint density at radius 1 is 1.23 bits per heavy atom. The number of nitrogens with zero attached hydrogens (tertiary/aromatic N) is 2. The Morgan fingerprint density at radius 2 is 1.88 bits per heavy atom. The first kappa shape index (κ1) is 17.4. The molecule has 0 aromatic heterocycles. The van der Waals surface area contributed by atoms with Gasteiger partial charge in [-0.3, -0.25) is 0 Å². The summed E-state index contributed by atoms with van der Waals surface area (Å²) < 4.78 is 33.4. The number of nitrogens with one attached hydrogen (secondary N) is 1. The molecule has 132 valence electrons. The highest BCUT2D eigenvalue weighted by Gasteiger charge is 2.27. The summed E-state index contributed by atoms with van der Waals surface area (Å²) >= 11 is 0. The van der Waals surface area contributed by atoms with E-state index in [9.17, 15) is 13.6 Å². The largest absolute Gasteiger partial charge is 0.412 e. The molecule has 1 aliphatic rings. The van der Waals surface area contributed by atoms with Gasteiger partial charge in [0, 0.05) is 37.8 Å². The maximum absolute atomic E-state index is 14.2. The average molecular weight is 355 g/mol. The van der Waals surface area contributed by atoms with E-state index in [4.69, 9.17) is 10.00 Å². The lowest BCUT2D eigenvalue weighted by atomic mass is 10.1. The number of amides is 1. The van der Waals surface area contributed by atoms with Gasteiger partial charge in [-0.05, 0) is 11.1 Å². The van der Waals surface area contributed by atoms with Gasteiger partial charge in [-0.1, -0.05) is 30.3 Å². The van der Waals surface area contributed by atoms with Crippen LogP contribution in [-0.4, -0.2) is 19.2 Å². The number of allylic oxidation sites excluding steroid dienone is 1. The molecule has 1 heterocycles. The second-order valence-corrected chi connectivity index (χ2v) is 5.75. The molecule has 1 aliphatic heterocycles. The minimum atomic E-state index is -0.827. The fraction of sp³-hybridized carbons (Fsp3) is 0.158. The second kappa shape index (κ2) is 7.66. The zero-order valence-electron chi connectivity index (χ0n) is 13.7. The van der Waals surface area contributed by atoms with Crippen molar-refractivity contribution in [3.63, 3.8) is 0 Å². The smallest absolute Gasteiger partial charge is 0.410 e. The third kappa shape index (κ3) is 3.98.